The summed E-state index contributed by atoms with van der Waals surface area (Å²) in [7, 11) is -1.40. The number of carbonyl (C=O) groups is 2. The van der Waals surface area contributed by atoms with Gasteiger partial charge in [0.25, 0.3) is 16.1 Å². The minimum atomic E-state index is -4.44. The minimum Gasteiger partial charge on any atom is -0.366 e. The molecule has 3 N–H and O–H groups in total. The quantitative estimate of drug-likeness (QED) is 0.233. The smallest absolute Gasteiger partial charge is 0.319 e. The topological polar surface area (TPSA) is 132 Å². The van der Waals surface area contributed by atoms with Crippen molar-refractivity contribution in [2.45, 2.75) is 31.1 Å². The lowest BCUT2D eigenvalue weighted by atomic mass is 9.90. The van der Waals surface area contributed by atoms with Crippen LogP contribution in [0.4, 0.5) is 22.4 Å². The van der Waals surface area contributed by atoms with Crippen LogP contribution in [-0.2, 0) is 26.3 Å². The molecule has 44 heavy (non-hydrogen) atoms. The lowest BCUT2D eigenvalue weighted by molar-refractivity contribution is -0.178. The van der Waals surface area contributed by atoms with Crippen LogP contribution in [0, 0.1) is 23.3 Å². The zero-order valence-electron chi connectivity index (χ0n) is 24.0. The minimum absolute atomic E-state index is 0.0429. The summed E-state index contributed by atoms with van der Waals surface area (Å²) in [4.78, 5) is 31.0. The van der Waals surface area contributed by atoms with E-state index in [1.54, 1.807) is 30.3 Å². The van der Waals surface area contributed by atoms with Gasteiger partial charge in [0.2, 0.25) is 5.72 Å². The van der Waals surface area contributed by atoms with Gasteiger partial charge in [0, 0.05) is 51.9 Å². The number of H-pyrrole nitrogens is 1. The summed E-state index contributed by atoms with van der Waals surface area (Å²) < 4.78 is 93.0. The van der Waals surface area contributed by atoms with Crippen LogP contribution in [0.2, 0.25) is 0 Å². The van der Waals surface area contributed by atoms with Crippen molar-refractivity contribution >= 4 is 33.1 Å². The van der Waals surface area contributed by atoms with Crippen molar-refractivity contribution in [2.75, 3.05) is 46.8 Å². The normalized spacial score (nSPS) is 20.7. The number of primary amides is 1. The van der Waals surface area contributed by atoms with Gasteiger partial charge in [-0.25, -0.2) is 22.4 Å². The highest BCUT2D eigenvalue weighted by molar-refractivity contribution is 7.86. The molecule has 238 valence electrons. The van der Waals surface area contributed by atoms with Crippen LogP contribution in [0.25, 0.3) is 10.9 Å². The number of benzene rings is 2. The Hall–Kier alpha value is -3.73. The Morgan fingerprint density at radius 3 is 2.25 bits per heavy atom. The lowest BCUT2D eigenvalue weighted by Gasteiger charge is -2.49. The molecule has 2 aliphatic rings. The molecule has 0 spiro atoms. The molecule has 3 amide bonds. The Bertz CT molecular complexity index is 1680. The second-order valence-corrected chi connectivity index (χ2v) is 12.9. The fourth-order valence-corrected chi connectivity index (χ4v) is 7.68. The summed E-state index contributed by atoms with van der Waals surface area (Å²) >= 11 is 0. The van der Waals surface area contributed by atoms with Gasteiger partial charge >= 0.3 is 6.03 Å². The Kier molecular flexibility index (Phi) is 8.63. The maximum absolute atomic E-state index is 14.7. The van der Waals surface area contributed by atoms with Crippen LogP contribution in [0.15, 0.2) is 36.5 Å². The number of nitrogens with one attached hydrogen (secondary N) is 1. The third-order valence-corrected chi connectivity index (χ3v) is 10.2. The number of nitrogens with zero attached hydrogens (tertiary/aromatic N) is 4. The van der Waals surface area contributed by atoms with Gasteiger partial charge in [-0.2, -0.15) is 12.7 Å². The van der Waals surface area contributed by atoms with Crippen LogP contribution < -0.4 is 5.73 Å². The molecule has 0 aliphatic carbocycles. The summed E-state index contributed by atoms with van der Waals surface area (Å²) in [6.45, 7) is -1.17. The molecule has 0 unspecified atom stereocenters. The number of amides is 3. The molecular formula is C28H32F4N6O5S. The monoisotopic (exact) mass is 640 g/mol. The maximum Gasteiger partial charge on any atom is 0.319 e. The number of piperidine rings is 1. The number of aromatic amines is 1. The third kappa shape index (κ3) is 5.39. The van der Waals surface area contributed by atoms with Crippen molar-refractivity contribution in [1.29, 1.82) is 0 Å². The molecule has 1 atom stereocenters. The van der Waals surface area contributed by atoms with E-state index >= 15 is 0 Å². The molecule has 0 bridgehead atoms. The van der Waals surface area contributed by atoms with Crippen LogP contribution >= 0.6 is 0 Å². The molecule has 0 saturated carbocycles. The van der Waals surface area contributed by atoms with Crippen molar-refractivity contribution < 1.29 is 40.3 Å². The van der Waals surface area contributed by atoms with Gasteiger partial charge in [0.15, 0.2) is 23.3 Å². The summed E-state index contributed by atoms with van der Waals surface area (Å²) in [6.07, 6.45) is 1.51. The largest absolute Gasteiger partial charge is 0.366 e. The summed E-state index contributed by atoms with van der Waals surface area (Å²) in [5.41, 5.74) is 3.92. The van der Waals surface area contributed by atoms with Gasteiger partial charge in [-0.1, -0.05) is 30.3 Å². The van der Waals surface area contributed by atoms with Crippen molar-refractivity contribution in [3.63, 3.8) is 0 Å². The van der Waals surface area contributed by atoms with E-state index in [2.05, 4.69) is 4.98 Å². The van der Waals surface area contributed by atoms with E-state index in [-0.39, 0.29) is 51.2 Å². The van der Waals surface area contributed by atoms with Crippen LogP contribution in [0.3, 0.4) is 0 Å². The fourth-order valence-electron chi connectivity index (χ4n) is 5.84. The first-order chi connectivity index (χ1) is 20.8. The highest BCUT2D eigenvalue weighted by Gasteiger charge is 2.56. The number of rotatable bonds is 7. The number of aromatic nitrogens is 1. The molecular weight excluding hydrogens is 608 g/mol. The summed E-state index contributed by atoms with van der Waals surface area (Å²) in [6, 6.07) is 8.26. The third-order valence-electron chi connectivity index (χ3n) is 8.17. The zero-order valence-corrected chi connectivity index (χ0v) is 24.8. The van der Waals surface area contributed by atoms with Crippen LogP contribution in [-0.4, -0.2) is 96.3 Å². The first-order valence-electron chi connectivity index (χ1n) is 13.8. The predicted molar refractivity (Wildman–Crippen MR) is 151 cm³/mol. The SMILES string of the molecule is CN(C)C(=O)N1CCN(S(=O)(=O)N2CCC(c3c[nH]c4c(F)c(F)c(F)c(F)c34)CC2)[C@](OCc2ccccc2)(C(N)=O)C1. The lowest BCUT2D eigenvalue weighted by Crippen LogP contribution is -2.73. The molecule has 3 heterocycles. The first-order valence-corrected chi connectivity index (χ1v) is 15.2. The summed E-state index contributed by atoms with van der Waals surface area (Å²) in [5.74, 6) is -8.55. The fraction of sp³-hybridized carbons (Fsp3) is 0.429. The number of halogens is 4. The van der Waals surface area contributed by atoms with E-state index in [0.717, 1.165) is 8.61 Å². The second kappa shape index (κ2) is 12.0. The van der Waals surface area contributed by atoms with Gasteiger partial charge in [-0.15, -0.1) is 4.31 Å². The Morgan fingerprint density at radius 2 is 1.64 bits per heavy atom. The molecule has 0 radical (unpaired) electrons. The molecule has 2 fully saturated rings. The number of urea groups is 1. The number of hydrogen-bond acceptors (Lipinski definition) is 5. The highest BCUT2D eigenvalue weighted by Crippen LogP contribution is 2.39. The number of fused-ring (bicyclic) bond motifs is 1. The van der Waals surface area contributed by atoms with E-state index in [1.807, 2.05) is 0 Å². The average molecular weight is 641 g/mol. The molecule has 1 aromatic heterocycles. The first kappa shape index (κ1) is 31.7. The average Bonchev–Trinajstić information content (AvgIpc) is 3.47. The highest BCUT2D eigenvalue weighted by atomic mass is 32.2. The predicted octanol–water partition coefficient (Wildman–Crippen LogP) is 2.85. The number of piperazine rings is 1. The van der Waals surface area contributed by atoms with Gasteiger partial charge in [-0.05, 0) is 29.9 Å². The van der Waals surface area contributed by atoms with Crippen LogP contribution in [0.1, 0.15) is 29.9 Å². The van der Waals surface area contributed by atoms with Crippen molar-refractivity contribution in [3.8, 4) is 0 Å². The molecule has 2 aliphatic heterocycles. The Balaban J connectivity index is 1.42. The van der Waals surface area contributed by atoms with E-state index in [9.17, 15) is 35.6 Å². The van der Waals surface area contributed by atoms with E-state index < -0.39 is 74.5 Å². The molecule has 11 nitrogen and oxygen atoms in total. The second-order valence-electron chi connectivity index (χ2n) is 11.0. The van der Waals surface area contributed by atoms with Gasteiger partial charge in [0.1, 0.15) is 0 Å². The Labute approximate surface area is 251 Å². The van der Waals surface area contributed by atoms with Crippen molar-refractivity contribution in [1.82, 2.24) is 23.4 Å². The molecule has 3 aromatic rings. The Morgan fingerprint density at radius 1 is 1.00 bits per heavy atom. The summed E-state index contributed by atoms with van der Waals surface area (Å²) in [5, 5.41) is -0.425. The van der Waals surface area contributed by atoms with Crippen molar-refractivity contribution in [3.05, 3.63) is 70.9 Å². The molecule has 5 rings (SSSR count). The van der Waals surface area contributed by atoms with Gasteiger partial charge in [0.05, 0.1) is 18.7 Å². The van der Waals surface area contributed by atoms with Gasteiger partial charge in [-0.3, -0.25) is 4.79 Å². The standard InChI is InChI=1S/C28H32F4N6O5S/c1-35(2)27(40)36-12-13-38(28(16-36,26(33)39)43-15-17-6-4-3-5-7-17)44(41,42)37-10-8-18(9-11-37)19-14-34-25-20(19)21(29)22(30)23(31)24(25)32/h3-7,14,18,34H,8-13,15-16H2,1-2H3,(H2,33,39)/t28-/m1/s1. The van der Waals surface area contributed by atoms with E-state index in [4.69, 9.17) is 10.5 Å². The van der Waals surface area contributed by atoms with Crippen molar-refractivity contribution in [2.24, 2.45) is 5.73 Å². The molecule has 2 aromatic carbocycles. The van der Waals surface area contributed by atoms with E-state index in [0.29, 0.717) is 5.56 Å². The number of nitrogens with two attached hydrogens (primary N) is 1. The van der Waals surface area contributed by atoms with Gasteiger partial charge < -0.3 is 25.3 Å². The van der Waals surface area contributed by atoms with Crippen LogP contribution in [0.5, 0.6) is 0 Å². The molecule has 16 heteroatoms. The number of carbonyl (C=O) groups excluding carboxylic acids is 2. The van der Waals surface area contributed by atoms with E-state index in [1.165, 1.54) is 30.1 Å². The number of ether oxygens (including phenoxy) is 1. The molecule has 2 saturated heterocycles. The maximum atomic E-state index is 14.7. The number of hydrogen-bond donors (Lipinski definition) is 2. The zero-order chi connectivity index (χ0) is 32.0.